The third-order valence-corrected chi connectivity index (χ3v) is 2.46. The number of rotatable bonds is 4. The van der Waals surface area contributed by atoms with Gasteiger partial charge in [0.15, 0.2) is 0 Å². The largest absolute Gasteiger partial charge is 0.478 e. The van der Waals surface area contributed by atoms with Gasteiger partial charge in [0.2, 0.25) is 0 Å². The smallest absolute Gasteiger partial charge is 0.337 e. The van der Waals surface area contributed by atoms with Gasteiger partial charge in [0.05, 0.1) is 10.6 Å². The van der Waals surface area contributed by atoms with E-state index in [1.165, 1.54) is 12.3 Å². The molecule has 0 unspecified atom stereocenters. The molecule has 5 heteroatoms. The molecule has 4 nitrogen and oxygen atoms in total. The summed E-state index contributed by atoms with van der Waals surface area (Å²) in [5, 5.41) is 9.05. The topological polar surface area (TPSA) is 53.4 Å². The lowest BCUT2D eigenvalue weighted by atomic mass is 10.2. The van der Waals surface area contributed by atoms with E-state index < -0.39 is 5.97 Å². The molecule has 0 aliphatic rings. The van der Waals surface area contributed by atoms with Gasteiger partial charge < -0.3 is 10.0 Å². The molecule has 0 radical (unpaired) electrons. The molecule has 0 fully saturated rings. The van der Waals surface area contributed by atoms with Crippen molar-refractivity contribution in [3.63, 3.8) is 0 Å². The summed E-state index contributed by atoms with van der Waals surface area (Å²) >= 11 is 5.72. The van der Waals surface area contributed by atoms with Crippen LogP contribution in [0.25, 0.3) is 0 Å². The van der Waals surface area contributed by atoms with Gasteiger partial charge in [0.1, 0.15) is 5.82 Å². The standard InChI is InChI=1S/C10H13ClN2O2/c1-3-13(4-2)9-5-7(10(14)15)8(11)6-12-9/h5-6H,3-4H2,1-2H3,(H,14,15). The Hall–Kier alpha value is -1.29. The van der Waals surface area contributed by atoms with Gasteiger partial charge in [-0.05, 0) is 19.9 Å². The lowest BCUT2D eigenvalue weighted by Gasteiger charge is -2.19. The minimum Gasteiger partial charge on any atom is -0.478 e. The molecule has 0 spiro atoms. The van der Waals surface area contributed by atoms with Crippen LogP contribution in [0.1, 0.15) is 24.2 Å². The summed E-state index contributed by atoms with van der Waals surface area (Å²) in [5.74, 6) is -0.391. The summed E-state index contributed by atoms with van der Waals surface area (Å²) in [6.07, 6.45) is 1.37. The highest BCUT2D eigenvalue weighted by Crippen LogP contribution is 2.20. The van der Waals surface area contributed by atoms with Gasteiger partial charge in [-0.1, -0.05) is 11.6 Å². The molecule has 0 saturated heterocycles. The molecule has 0 aliphatic carbocycles. The van der Waals surface area contributed by atoms with Gasteiger partial charge >= 0.3 is 5.97 Å². The van der Waals surface area contributed by atoms with Crippen molar-refractivity contribution in [2.45, 2.75) is 13.8 Å². The van der Waals surface area contributed by atoms with Crippen LogP contribution in [0.5, 0.6) is 0 Å². The Kier molecular flexibility index (Phi) is 3.91. The molecule has 82 valence electrons. The first-order valence-electron chi connectivity index (χ1n) is 4.73. The highest BCUT2D eigenvalue weighted by molar-refractivity contribution is 6.33. The summed E-state index contributed by atoms with van der Waals surface area (Å²) in [7, 11) is 0. The second-order valence-corrected chi connectivity index (χ2v) is 3.41. The zero-order chi connectivity index (χ0) is 11.4. The fourth-order valence-corrected chi connectivity index (χ4v) is 1.50. The van der Waals surface area contributed by atoms with Gasteiger partial charge in [-0.15, -0.1) is 0 Å². The van der Waals surface area contributed by atoms with Crippen LogP contribution in [-0.4, -0.2) is 29.1 Å². The van der Waals surface area contributed by atoms with E-state index in [0.717, 1.165) is 13.1 Å². The van der Waals surface area contributed by atoms with Gasteiger partial charge in [0.25, 0.3) is 0 Å². The van der Waals surface area contributed by atoms with E-state index >= 15 is 0 Å². The predicted molar refractivity (Wildman–Crippen MR) is 59.8 cm³/mol. The summed E-state index contributed by atoms with van der Waals surface area (Å²) in [4.78, 5) is 16.9. The number of aromatic nitrogens is 1. The number of carboxylic acid groups (broad SMARTS) is 1. The number of hydrogen-bond acceptors (Lipinski definition) is 3. The van der Waals surface area contributed by atoms with Crippen molar-refractivity contribution in [3.8, 4) is 0 Å². The molecular weight excluding hydrogens is 216 g/mol. The number of pyridine rings is 1. The van der Waals surface area contributed by atoms with E-state index in [4.69, 9.17) is 16.7 Å². The molecule has 1 aromatic heterocycles. The Bertz CT molecular complexity index is 364. The van der Waals surface area contributed by atoms with E-state index in [0.29, 0.717) is 5.82 Å². The second kappa shape index (κ2) is 4.98. The molecule has 0 aromatic carbocycles. The molecule has 1 N–H and O–H groups in total. The number of carboxylic acids is 1. The molecule has 0 amide bonds. The average molecular weight is 229 g/mol. The van der Waals surface area contributed by atoms with Crippen molar-refractivity contribution in [1.29, 1.82) is 0 Å². The van der Waals surface area contributed by atoms with Crippen LogP contribution >= 0.6 is 11.6 Å². The monoisotopic (exact) mass is 228 g/mol. The number of anilines is 1. The SMILES string of the molecule is CCN(CC)c1cc(C(=O)O)c(Cl)cn1. The van der Waals surface area contributed by atoms with Gasteiger partial charge in [-0.2, -0.15) is 0 Å². The van der Waals surface area contributed by atoms with Gasteiger partial charge in [-0.25, -0.2) is 9.78 Å². The van der Waals surface area contributed by atoms with E-state index in [1.807, 2.05) is 18.7 Å². The van der Waals surface area contributed by atoms with E-state index in [2.05, 4.69) is 4.98 Å². The van der Waals surface area contributed by atoms with Crippen LogP contribution in [0.3, 0.4) is 0 Å². The first kappa shape index (κ1) is 11.8. The summed E-state index contributed by atoms with van der Waals surface area (Å²) in [6.45, 7) is 5.54. The molecule has 1 rings (SSSR count). The normalized spacial score (nSPS) is 10.1. The van der Waals surface area contributed by atoms with Crippen molar-refractivity contribution in [1.82, 2.24) is 4.98 Å². The van der Waals surface area contributed by atoms with E-state index in [1.54, 1.807) is 0 Å². The van der Waals surface area contributed by atoms with Crippen molar-refractivity contribution in [3.05, 3.63) is 22.8 Å². The lowest BCUT2D eigenvalue weighted by molar-refractivity contribution is 0.0697. The second-order valence-electron chi connectivity index (χ2n) is 3.00. The van der Waals surface area contributed by atoms with Crippen molar-refractivity contribution < 1.29 is 9.90 Å². The molecule has 1 aromatic rings. The molecule has 0 aliphatic heterocycles. The summed E-state index contributed by atoms with van der Waals surface area (Å²) < 4.78 is 0. The van der Waals surface area contributed by atoms with E-state index in [-0.39, 0.29) is 10.6 Å². The maximum Gasteiger partial charge on any atom is 0.337 e. The Balaban J connectivity index is 3.11. The highest BCUT2D eigenvalue weighted by atomic mass is 35.5. The van der Waals surface area contributed by atoms with Gasteiger partial charge in [0, 0.05) is 19.3 Å². The minimum absolute atomic E-state index is 0.0913. The maximum atomic E-state index is 10.8. The quantitative estimate of drug-likeness (QED) is 0.859. The van der Waals surface area contributed by atoms with Crippen molar-refractivity contribution in [2.75, 3.05) is 18.0 Å². The molecule has 15 heavy (non-hydrogen) atoms. The highest BCUT2D eigenvalue weighted by Gasteiger charge is 2.12. The van der Waals surface area contributed by atoms with Crippen LogP contribution in [0, 0.1) is 0 Å². The molecular formula is C10H13ClN2O2. The third-order valence-electron chi connectivity index (χ3n) is 2.16. The maximum absolute atomic E-state index is 10.8. The number of hydrogen-bond donors (Lipinski definition) is 1. The molecule has 0 atom stereocenters. The third kappa shape index (κ3) is 2.59. The Morgan fingerprint density at radius 1 is 1.53 bits per heavy atom. The Morgan fingerprint density at radius 2 is 2.13 bits per heavy atom. The minimum atomic E-state index is -1.03. The van der Waals surface area contributed by atoms with Crippen LogP contribution in [0.15, 0.2) is 12.3 Å². The zero-order valence-electron chi connectivity index (χ0n) is 8.70. The molecule has 1 heterocycles. The zero-order valence-corrected chi connectivity index (χ0v) is 9.45. The van der Waals surface area contributed by atoms with Gasteiger partial charge in [-0.3, -0.25) is 0 Å². The van der Waals surface area contributed by atoms with Crippen LogP contribution < -0.4 is 4.90 Å². The number of carbonyl (C=O) groups is 1. The van der Waals surface area contributed by atoms with Crippen molar-refractivity contribution >= 4 is 23.4 Å². The molecule has 0 bridgehead atoms. The Morgan fingerprint density at radius 3 is 2.60 bits per heavy atom. The Labute approximate surface area is 93.5 Å². The first-order valence-corrected chi connectivity index (χ1v) is 5.11. The number of aromatic carboxylic acids is 1. The fourth-order valence-electron chi connectivity index (χ4n) is 1.31. The first-order chi connectivity index (χ1) is 7.10. The number of nitrogens with zero attached hydrogens (tertiary/aromatic N) is 2. The predicted octanol–water partition coefficient (Wildman–Crippen LogP) is 2.28. The van der Waals surface area contributed by atoms with Crippen LogP contribution in [0.4, 0.5) is 5.82 Å². The van der Waals surface area contributed by atoms with E-state index in [9.17, 15) is 4.79 Å². The summed E-state index contributed by atoms with van der Waals surface area (Å²) in [6, 6.07) is 1.50. The average Bonchev–Trinajstić information content (AvgIpc) is 2.21. The fraction of sp³-hybridized carbons (Fsp3) is 0.400. The van der Waals surface area contributed by atoms with Crippen molar-refractivity contribution in [2.24, 2.45) is 0 Å². The summed E-state index contributed by atoms with van der Waals surface area (Å²) in [5.41, 5.74) is 0.0913. The number of halogens is 1. The van der Waals surface area contributed by atoms with Crippen LogP contribution in [0.2, 0.25) is 5.02 Å². The lowest BCUT2D eigenvalue weighted by Crippen LogP contribution is -2.23. The van der Waals surface area contributed by atoms with Crippen LogP contribution in [-0.2, 0) is 0 Å². The molecule has 0 saturated carbocycles.